The Morgan fingerprint density at radius 3 is 2.10 bits per heavy atom. The van der Waals surface area contributed by atoms with Crippen LogP contribution in [0.2, 0.25) is 0 Å². The van der Waals surface area contributed by atoms with E-state index in [1.807, 2.05) is 12.1 Å². The van der Waals surface area contributed by atoms with E-state index in [4.69, 9.17) is 19.3 Å². The number of methoxy groups -OCH3 is 2. The van der Waals surface area contributed by atoms with E-state index >= 15 is 0 Å². The molecule has 1 aromatic rings. The average molecular weight is 297 g/mol. The summed E-state index contributed by atoms with van der Waals surface area (Å²) in [5.74, 6) is 1.85. The molecule has 0 saturated carbocycles. The van der Waals surface area contributed by atoms with Crippen LogP contribution in [0.4, 0.5) is 0 Å². The second-order valence-electron chi connectivity index (χ2n) is 5.86. The molecule has 0 amide bonds. The van der Waals surface area contributed by atoms with Crippen molar-refractivity contribution < 1.29 is 19.3 Å². The normalized spacial score (nSPS) is 11.3. The number of hydrogen-bond donors (Lipinski definition) is 2. The molecule has 0 aliphatic carbocycles. The first-order valence-corrected chi connectivity index (χ1v) is 7.15. The number of hydrogen-bond acceptors (Lipinski definition) is 5. The van der Waals surface area contributed by atoms with Crippen LogP contribution < -0.4 is 19.5 Å². The molecule has 5 nitrogen and oxygen atoms in total. The molecular formula is C16H27NO4. The summed E-state index contributed by atoms with van der Waals surface area (Å²) >= 11 is 0. The maximum absolute atomic E-state index is 8.84. The predicted octanol–water partition coefficient (Wildman–Crippen LogP) is 2.35. The summed E-state index contributed by atoms with van der Waals surface area (Å²) in [6.07, 6.45) is 0.569. The van der Waals surface area contributed by atoms with Gasteiger partial charge in [0.05, 0.1) is 20.8 Å². The van der Waals surface area contributed by atoms with E-state index in [1.54, 1.807) is 14.2 Å². The monoisotopic (exact) mass is 297 g/mol. The molecule has 0 aliphatic rings. The number of ether oxygens (including phenoxy) is 3. The number of nitrogens with one attached hydrogen (secondary N) is 1. The van der Waals surface area contributed by atoms with E-state index in [0.29, 0.717) is 36.8 Å². The molecule has 0 heterocycles. The molecule has 21 heavy (non-hydrogen) atoms. The first kappa shape index (κ1) is 17.6. The van der Waals surface area contributed by atoms with Crippen molar-refractivity contribution in [3.8, 4) is 17.2 Å². The van der Waals surface area contributed by atoms with E-state index < -0.39 is 0 Å². The van der Waals surface area contributed by atoms with Gasteiger partial charge >= 0.3 is 0 Å². The third kappa shape index (κ3) is 5.81. The molecule has 0 bridgehead atoms. The van der Waals surface area contributed by atoms with Gasteiger partial charge in [0.2, 0.25) is 5.75 Å². The fourth-order valence-electron chi connectivity index (χ4n) is 1.78. The summed E-state index contributed by atoms with van der Waals surface area (Å²) in [6.45, 7) is 7.59. The molecule has 0 radical (unpaired) electrons. The van der Waals surface area contributed by atoms with Gasteiger partial charge in [0, 0.05) is 25.1 Å². The lowest BCUT2D eigenvalue weighted by Crippen LogP contribution is -2.35. The molecule has 0 unspecified atom stereocenters. The van der Waals surface area contributed by atoms with Crippen LogP contribution in [0, 0.1) is 0 Å². The summed E-state index contributed by atoms with van der Waals surface area (Å²) in [7, 11) is 3.21. The molecule has 0 aromatic heterocycles. The molecule has 0 fully saturated rings. The van der Waals surface area contributed by atoms with Gasteiger partial charge in [-0.3, -0.25) is 0 Å². The van der Waals surface area contributed by atoms with Gasteiger partial charge in [-0.25, -0.2) is 0 Å². The Bertz CT molecular complexity index is 415. The van der Waals surface area contributed by atoms with Crippen LogP contribution in [-0.2, 0) is 6.54 Å². The first-order chi connectivity index (χ1) is 9.91. The Balaban J connectivity index is 2.94. The summed E-state index contributed by atoms with van der Waals surface area (Å²) < 4.78 is 16.5. The van der Waals surface area contributed by atoms with Crippen molar-refractivity contribution in [2.24, 2.45) is 0 Å². The third-order valence-corrected chi connectivity index (χ3v) is 2.89. The van der Waals surface area contributed by atoms with Gasteiger partial charge in [-0.15, -0.1) is 0 Å². The van der Waals surface area contributed by atoms with Crippen LogP contribution in [0.15, 0.2) is 12.1 Å². The van der Waals surface area contributed by atoms with Gasteiger partial charge in [-0.05, 0) is 38.5 Å². The molecule has 0 saturated heterocycles. The summed E-state index contributed by atoms with van der Waals surface area (Å²) in [6, 6.07) is 3.88. The lowest BCUT2D eigenvalue weighted by atomic mass is 10.1. The lowest BCUT2D eigenvalue weighted by molar-refractivity contribution is 0.221. The quantitative estimate of drug-likeness (QED) is 0.721. The highest BCUT2D eigenvalue weighted by atomic mass is 16.5. The van der Waals surface area contributed by atoms with Crippen LogP contribution in [0.3, 0.4) is 0 Å². The van der Waals surface area contributed by atoms with Gasteiger partial charge in [0.1, 0.15) is 0 Å². The Kier molecular flexibility index (Phi) is 6.78. The smallest absolute Gasteiger partial charge is 0.203 e. The predicted molar refractivity (Wildman–Crippen MR) is 83.3 cm³/mol. The molecule has 0 atom stereocenters. The molecule has 0 aliphatic heterocycles. The molecule has 1 rings (SSSR count). The van der Waals surface area contributed by atoms with Crippen molar-refractivity contribution in [3.63, 3.8) is 0 Å². The zero-order chi connectivity index (χ0) is 15.9. The van der Waals surface area contributed by atoms with Crippen LogP contribution >= 0.6 is 0 Å². The van der Waals surface area contributed by atoms with E-state index in [0.717, 1.165) is 5.56 Å². The van der Waals surface area contributed by atoms with Crippen LogP contribution in [-0.4, -0.2) is 38.1 Å². The van der Waals surface area contributed by atoms with Crippen molar-refractivity contribution in [1.29, 1.82) is 0 Å². The maximum atomic E-state index is 8.84. The maximum Gasteiger partial charge on any atom is 0.203 e. The van der Waals surface area contributed by atoms with E-state index in [-0.39, 0.29) is 12.1 Å². The van der Waals surface area contributed by atoms with Crippen molar-refractivity contribution >= 4 is 0 Å². The van der Waals surface area contributed by atoms with Crippen molar-refractivity contribution in [1.82, 2.24) is 5.32 Å². The van der Waals surface area contributed by atoms with E-state index in [1.165, 1.54) is 0 Å². The van der Waals surface area contributed by atoms with Gasteiger partial charge in [0.25, 0.3) is 0 Å². The second-order valence-corrected chi connectivity index (χ2v) is 5.86. The fourth-order valence-corrected chi connectivity index (χ4v) is 1.78. The summed E-state index contributed by atoms with van der Waals surface area (Å²) in [5, 5.41) is 12.3. The molecule has 2 N–H and O–H groups in total. The fraction of sp³-hybridized carbons (Fsp3) is 0.625. The average Bonchev–Trinajstić information content (AvgIpc) is 2.44. The Morgan fingerprint density at radius 2 is 1.67 bits per heavy atom. The van der Waals surface area contributed by atoms with Gasteiger partial charge in [0.15, 0.2) is 11.5 Å². The number of aliphatic hydroxyl groups excluding tert-OH is 1. The Hall–Kier alpha value is -1.46. The second kappa shape index (κ2) is 8.10. The minimum atomic E-state index is 0.0385. The highest BCUT2D eigenvalue weighted by molar-refractivity contribution is 5.53. The van der Waals surface area contributed by atoms with E-state index in [9.17, 15) is 0 Å². The minimum absolute atomic E-state index is 0.0385. The highest BCUT2D eigenvalue weighted by Crippen LogP contribution is 2.38. The number of aliphatic hydroxyl groups is 1. The van der Waals surface area contributed by atoms with Crippen molar-refractivity contribution in [2.75, 3.05) is 27.4 Å². The van der Waals surface area contributed by atoms with E-state index in [2.05, 4.69) is 26.1 Å². The van der Waals surface area contributed by atoms with Crippen LogP contribution in [0.1, 0.15) is 32.8 Å². The minimum Gasteiger partial charge on any atom is -0.493 e. The lowest BCUT2D eigenvalue weighted by Gasteiger charge is -2.22. The SMILES string of the molecule is COc1cc(CNC(C)(C)C)cc(OC)c1OCCCO. The largest absolute Gasteiger partial charge is 0.493 e. The summed E-state index contributed by atoms with van der Waals surface area (Å²) in [4.78, 5) is 0. The molecule has 5 heteroatoms. The topological polar surface area (TPSA) is 60.0 Å². The molecule has 0 spiro atoms. The van der Waals surface area contributed by atoms with Crippen molar-refractivity contribution in [2.45, 2.75) is 39.3 Å². The molecular weight excluding hydrogens is 270 g/mol. The van der Waals surface area contributed by atoms with Crippen LogP contribution in [0.25, 0.3) is 0 Å². The Morgan fingerprint density at radius 1 is 1.10 bits per heavy atom. The highest BCUT2D eigenvalue weighted by Gasteiger charge is 2.15. The third-order valence-electron chi connectivity index (χ3n) is 2.89. The number of rotatable bonds is 8. The summed E-state index contributed by atoms with van der Waals surface area (Å²) in [5.41, 5.74) is 1.10. The molecule has 1 aromatic carbocycles. The van der Waals surface area contributed by atoms with Crippen molar-refractivity contribution in [3.05, 3.63) is 17.7 Å². The van der Waals surface area contributed by atoms with Gasteiger partial charge in [-0.1, -0.05) is 0 Å². The van der Waals surface area contributed by atoms with Gasteiger partial charge in [-0.2, -0.15) is 0 Å². The zero-order valence-corrected chi connectivity index (χ0v) is 13.7. The zero-order valence-electron chi connectivity index (χ0n) is 13.7. The van der Waals surface area contributed by atoms with Gasteiger partial charge < -0.3 is 24.6 Å². The van der Waals surface area contributed by atoms with Crippen LogP contribution in [0.5, 0.6) is 17.2 Å². The first-order valence-electron chi connectivity index (χ1n) is 7.15. The Labute approximate surface area is 127 Å². The molecule has 120 valence electrons. The standard InChI is InChI=1S/C16H27NO4/c1-16(2,3)17-11-12-9-13(19-4)15(14(10-12)20-5)21-8-6-7-18/h9-10,17-18H,6-8,11H2,1-5H3. The number of benzene rings is 1.